The number of piperazine rings is 1. The maximum absolute atomic E-state index is 13.9. The predicted octanol–water partition coefficient (Wildman–Crippen LogP) is 6.67. The zero-order valence-corrected chi connectivity index (χ0v) is 24.9. The number of methoxy groups -OCH3 is 1. The Morgan fingerprint density at radius 2 is 1.29 bits per heavy atom. The number of hydrogen-bond donors (Lipinski definition) is 0. The van der Waals surface area contributed by atoms with Crippen molar-refractivity contribution < 1.29 is 14.3 Å². The Kier molecular flexibility index (Phi) is 7.76. The highest BCUT2D eigenvalue weighted by molar-refractivity contribution is 5.98. The van der Waals surface area contributed by atoms with Gasteiger partial charge in [0.15, 0.2) is 0 Å². The molecule has 4 aromatic rings. The number of amides is 2. The van der Waals surface area contributed by atoms with Crippen molar-refractivity contribution in [1.29, 1.82) is 0 Å². The van der Waals surface area contributed by atoms with E-state index in [4.69, 9.17) is 4.74 Å². The van der Waals surface area contributed by atoms with E-state index in [2.05, 4.69) is 56.5 Å². The number of ether oxygens (including phenoxy) is 1. The van der Waals surface area contributed by atoms with Gasteiger partial charge in [0.25, 0.3) is 11.8 Å². The third kappa shape index (κ3) is 5.78. The highest BCUT2D eigenvalue weighted by Crippen LogP contribution is 2.32. The molecule has 2 amide bonds. The summed E-state index contributed by atoms with van der Waals surface area (Å²) in [4.78, 5) is 30.8. The maximum Gasteiger partial charge on any atom is 0.255 e. The van der Waals surface area contributed by atoms with E-state index < -0.39 is 0 Å². The molecule has 5 rings (SSSR count). The van der Waals surface area contributed by atoms with Crippen molar-refractivity contribution in [1.82, 2.24) is 14.4 Å². The van der Waals surface area contributed by atoms with Gasteiger partial charge < -0.3 is 19.1 Å². The van der Waals surface area contributed by atoms with Crippen LogP contribution in [0.4, 0.5) is 0 Å². The molecule has 1 aliphatic heterocycles. The summed E-state index contributed by atoms with van der Waals surface area (Å²) in [5.74, 6) is 0.790. The number of carbonyl (C=O) groups is 2. The fourth-order valence-electron chi connectivity index (χ4n) is 5.40. The van der Waals surface area contributed by atoms with Crippen LogP contribution in [-0.4, -0.2) is 59.5 Å². The van der Waals surface area contributed by atoms with E-state index in [0.717, 1.165) is 28.4 Å². The van der Waals surface area contributed by atoms with Crippen LogP contribution in [0.1, 0.15) is 58.3 Å². The lowest BCUT2D eigenvalue weighted by molar-refractivity contribution is 0.0535. The average molecular weight is 550 g/mol. The monoisotopic (exact) mass is 549 g/mol. The number of carbonyl (C=O) groups excluding carboxylic acids is 2. The third-order valence-corrected chi connectivity index (χ3v) is 8.01. The fourth-order valence-corrected chi connectivity index (χ4v) is 5.40. The predicted molar refractivity (Wildman–Crippen MR) is 164 cm³/mol. The topological polar surface area (TPSA) is 54.8 Å². The number of nitrogens with zero attached hydrogens (tertiary/aromatic N) is 3. The smallest absolute Gasteiger partial charge is 0.255 e. The van der Waals surface area contributed by atoms with E-state index in [9.17, 15) is 9.59 Å². The van der Waals surface area contributed by atoms with E-state index in [1.807, 2.05) is 71.3 Å². The molecule has 0 N–H and O–H groups in total. The Morgan fingerprint density at radius 1 is 0.732 bits per heavy atom. The van der Waals surface area contributed by atoms with Crippen LogP contribution in [0.25, 0.3) is 16.9 Å². The minimum absolute atomic E-state index is 0.00949. The van der Waals surface area contributed by atoms with E-state index in [1.165, 1.54) is 11.1 Å². The summed E-state index contributed by atoms with van der Waals surface area (Å²) in [6, 6.07) is 26.1. The van der Waals surface area contributed by atoms with Crippen LogP contribution in [0, 0.1) is 13.8 Å². The van der Waals surface area contributed by atoms with Crippen LogP contribution in [0.5, 0.6) is 5.75 Å². The first-order valence-corrected chi connectivity index (χ1v) is 14.2. The quantitative estimate of drug-likeness (QED) is 0.280. The molecule has 1 aliphatic rings. The first-order valence-electron chi connectivity index (χ1n) is 14.2. The minimum atomic E-state index is -0.00949. The Labute approximate surface area is 243 Å². The lowest BCUT2D eigenvalue weighted by atomic mass is 9.86. The van der Waals surface area contributed by atoms with Crippen LogP contribution < -0.4 is 4.74 Å². The molecule has 1 fully saturated rings. The van der Waals surface area contributed by atoms with E-state index >= 15 is 0 Å². The van der Waals surface area contributed by atoms with Gasteiger partial charge in [0.1, 0.15) is 5.75 Å². The van der Waals surface area contributed by atoms with Crippen molar-refractivity contribution >= 4 is 11.8 Å². The van der Waals surface area contributed by atoms with Crippen LogP contribution >= 0.6 is 0 Å². The third-order valence-electron chi connectivity index (χ3n) is 8.01. The molecular weight excluding hydrogens is 510 g/mol. The largest absolute Gasteiger partial charge is 0.497 e. The van der Waals surface area contributed by atoms with Gasteiger partial charge in [0.05, 0.1) is 18.4 Å². The fraction of sp³-hybridized carbons (Fsp3) is 0.314. The first-order chi connectivity index (χ1) is 19.6. The minimum Gasteiger partial charge on any atom is -0.497 e. The molecule has 0 spiro atoms. The van der Waals surface area contributed by atoms with Gasteiger partial charge in [-0.2, -0.15) is 0 Å². The molecule has 212 valence electrons. The number of aromatic nitrogens is 1. The molecule has 0 unspecified atom stereocenters. The summed E-state index contributed by atoms with van der Waals surface area (Å²) < 4.78 is 7.50. The molecule has 1 aromatic heterocycles. The summed E-state index contributed by atoms with van der Waals surface area (Å²) in [5.41, 5.74) is 7.63. The van der Waals surface area contributed by atoms with Gasteiger partial charge in [-0.3, -0.25) is 9.59 Å². The second-order valence-corrected chi connectivity index (χ2v) is 11.8. The van der Waals surface area contributed by atoms with Crippen molar-refractivity contribution in [3.63, 3.8) is 0 Å². The molecule has 2 heterocycles. The van der Waals surface area contributed by atoms with Gasteiger partial charge in [-0.25, -0.2) is 0 Å². The Morgan fingerprint density at radius 3 is 1.83 bits per heavy atom. The van der Waals surface area contributed by atoms with E-state index in [1.54, 1.807) is 7.11 Å². The van der Waals surface area contributed by atoms with Gasteiger partial charge in [-0.1, -0.05) is 50.6 Å². The summed E-state index contributed by atoms with van der Waals surface area (Å²) in [6.45, 7) is 12.6. The van der Waals surface area contributed by atoms with Crippen molar-refractivity contribution in [2.24, 2.45) is 0 Å². The number of aryl methyl sites for hydroxylation is 1. The van der Waals surface area contributed by atoms with Gasteiger partial charge in [0, 0.05) is 43.1 Å². The molecule has 0 atom stereocenters. The second-order valence-electron chi connectivity index (χ2n) is 11.8. The van der Waals surface area contributed by atoms with Crippen LogP contribution in [-0.2, 0) is 5.41 Å². The summed E-state index contributed by atoms with van der Waals surface area (Å²) >= 11 is 0. The number of benzene rings is 3. The molecule has 0 saturated carbocycles. The van der Waals surface area contributed by atoms with Crippen molar-refractivity contribution in [2.45, 2.75) is 40.0 Å². The first kappa shape index (κ1) is 28.2. The molecular formula is C35H39N3O3. The highest BCUT2D eigenvalue weighted by Gasteiger charge is 2.29. The molecule has 0 bridgehead atoms. The number of rotatable bonds is 5. The van der Waals surface area contributed by atoms with E-state index in [0.29, 0.717) is 37.3 Å². The second kappa shape index (κ2) is 11.3. The SMILES string of the molecule is COc1ccc(-c2cc(C(=O)N3CCN(C(=O)c4ccc(C(C)(C)C)cc4)CC3)c(C)n2-c2ccc(C)cc2)cc1. The van der Waals surface area contributed by atoms with Gasteiger partial charge in [0.2, 0.25) is 0 Å². The Balaban J connectivity index is 1.37. The van der Waals surface area contributed by atoms with Gasteiger partial charge in [-0.15, -0.1) is 0 Å². The Hall–Kier alpha value is -4.32. The molecule has 0 radical (unpaired) electrons. The zero-order valence-electron chi connectivity index (χ0n) is 24.9. The molecule has 3 aromatic carbocycles. The molecule has 41 heavy (non-hydrogen) atoms. The Bertz CT molecular complexity index is 1530. The highest BCUT2D eigenvalue weighted by atomic mass is 16.5. The molecule has 0 aliphatic carbocycles. The van der Waals surface area contributed by atoms with Crippen LogP contribution in [0.3, 0.4) is 0 Å². The maximum atomic E-state index is 13.9. The average Bonchev–Trinajstić information content (AvgIpc) is 3.33. The van der Waals surface area contributed by atoms with Crippen molar-refractivity contribution in [2.75, 3.05) is 33.3 Å². The van der Waals surface area contributed by atoms with Gasteiger partial charge in [-0.05, 0) is 85.0 Å². The normalized spacial score (nSPS) is 13.8. The lowest BCUT2D eigenvalue weighted by Crippen LogP contribution is -2.50. The summed E-state index contributed by atoms with van der Waals surface area (Å²) in [6.07, 6.45) is 0. The summed E-state index contributed by atoms with van der Waals surface area (Å²) in [7, 11) is 1.65. The number of hydrogen-bond acceptors (Lipinski definition) is 3. The van der Waals surface area contributed by atoms with Crippen molar-refractivity contribution in [3.8, 4) is 22.7 Å². The molecule has 1 saturated heterocycles. The van der Waals surface area contributed by atoms with Gasteiger partial charge >= 0.3 is 0 Å². The van der Waals surface area contributed by atoms with Crippen molar-refractivity contribution in [3.05, 3.63) is 107 Å². The summed E-state index contributed by atoms with van der Waals surface area (Å²) in [5, 5.41) is 0. The lowest BCUT2D eigenvalue weighted by Gasteiger charge is -2.35. The van der Waals surface area contributed by atoms with Crippen LogP contribution in [0.15, 0.2) is 78.9 Å². The molecule has 6 heteroatoms. The van der Waals surface area contributed by atoms with Crippen LogP contribution in [0.2, 0.25) is 0 Å². The zero-order chi connectivity index (χ0) is 29.3. The molecule has 6 nitrogen and oxygen atoms in total. The van der Waals surface area contributed by atoms with E-state index in [-0.39, 0.29) is 17.2 Å². The standard InChI is InChI=1S/C35H39N3O3/c1-24-7-15-29(16-8-24)38-25(2)31(23-32(38)26-11-17-30(41-6)18-12-26)34(40)37-21-19-36(20-22-37)33(39)27-9-13-28(14-10-27)35(3,4)5/h7-18,23H,19-22H2,1-6H3.